The van der Waals surface area contributed by atoms with Crippen LogP contribution in [-0.4, -0.2) is 0 Å². The second kappa shape index (κ2) is 5.71. The second-order valence-corrected chi connectivity index (χ2v) is 5.34. The maximum atomic E-state index is 7.02. The van der Waals surface area contributed by atoms with Gasteiger partial charge in [0, 0.05) is 5.92 Å². The summed E-state index contributed by atoms with van der Waals surface area (Å²) in [4.78, 5) is 3.45. The van der Waals surface area contributed by atoms with Crippen LogP contribution in [0, 0.1) is 19.4 Å². The van der Waals surface area contributed by atoms with Gasteiger partial charge in [0.1, 0.15) is 0 Å². The average Bonchev–Trinajstić information content (AvgIpc) is 2.42. The van der Waals surface area contributed by atoms with E-state index >= 15 is 0 Å². The molecule has 0 radical (unpaired) electrons. The predicted octanol–water partition coefficient (Wildman–Crippen LogP) is 5.33. The Morgan fingerprint density at radius 2 is 1.32 bits per heavy atom. The minimum atomic E-state index is 0.389. The predicted molar refractivity (Wildman–Crippen MR) is 80.6 cm³/mol. The molecule has 2 rings (SSSR count). The summed E-state index contributed by atoms with van der Waals surface area (Å²) in [5.74, 6) is 0.918. The van der Waals surface area contributed by atoms with Gasteiger partial charge in [-0.05, 0) is 24.0 Å². The number of nitrogens with zero attached hydrogens (tertiary/aromatic N) is 1. The first-order valence-electron chi connectivity index (χ1n) is 6.66. The zero-order chi connectivity index (χ0) is 13.8. The lowest BCUT2D eigenvalue weighted by molar-refractivity contribution is 0.564. The largest absolute Gasteiger partial charge is 0.238 e. The number of rotatable bonds is 3. The molecule has 0 aromatic heterocycles. The minimum absolute atomic E-state index is 0.389. The van der Waals surface area contributed by atoms with Gasteiger partial charge < -0.3 is 0 Å². The lowest BCUT2D eigenvalue weighted by atomic mass is 9.82. The van der Waals surface area contributed by atoms with Gasteiger partial charge in [-0.25, -0.2) is 4.85 Å². The van der Waals surface area contributed by atoms with Crippen LogP contribution in [-0.2, 0) is 0 Å². The van der Waals surface area contributed by atoms with E-state index in [1.165, 1.54) is 16.7 Å². The van der Waals surface area contributed by atoms with E-state index in [0.29, 0.717) is 17.5 Å². The summed E-state index contributed by atoms with van der Waals surface area (Å²) in [5, 5.41) is 0. The molecule has 0 saturated heterocycles. The van der Waals surface area contributed by atoms with Crippen LogP contribution in [0.1, 0.15) is 36.5 Å². The average molecular weight is 249 g/mol. The summed E-state index contributed by atoms with van der Waals surface area (Å²) in [6, 6.07) is 16.7. The Hall–Kier alpha value is -2.07. The molecule has 2 aromatic carbocycles. The molecular weight excluding hydrogens is 230 g/mol. The first-order chi connectivity index (χ1) is 9.11. The Morgan fingerprint density at radius 3 is 1.74 bits per heavy atom. The summed E-state index contributed by atoms with van der Waals surface area (Å²) in [5.41, 5.74) is 4.62. The summed E-state index contributed by atoms with van der Waals surface area (Å²) in [7, 11) is 0. The van der Waals surface area contributed by atoms with Crippen molar-refractivity contribution in [2.24, 2.45) is 5.92 Å². The number of aryl methyl sites for hydroxylation is 1. The molecule has 19 heavy (non-hydrogen) atoms. The van der Waals surface area contributed by atoms with Gasteiger partial charge in [-0.2, -0.15) is 0 Å². The molecule has 0 bridgehead atoms. The molecule has 1 heteroatoms. The van der Waals surface area contributed by atoms with Crippen LogP contribution in [0.4, 0.5) is 5.69 Å². The van der Waals surface area contributed by atoms with E-state index in [1.807, 2.05) is 12.1 Å². The molecule has 1 unspecified atom stereocenters. The van der Waals surface area contributed by atoms with E-state index in [0.717, 1.165) is 0 Å². The highest BCUT2D eigenvalue weighted by atomic mass is 14.6. The van der Waals surface area contributed by atoms with Crippen molar-refractivity contribution < 1.29 is 0 Å². The molecule has 0 aliphatic heterocycles. The Bertz CT molecular complexity index is 571. The molecular formula is C18H19N. The summed E-state index contributed by atoms with van der Waals surface area (Å²) in [6.45, 7) is 13.6. The van der Waals surface area contributed by atoms with Gasteiger partial charge in [-0.15, -0.1) is 0 Å². The van der Waals surface area contributed by atoms with Crippen molar-refractivity contribution in [1.29, 1.82) is 0 Å². The Labute approximate surface area is 115 Å². The number of hydrogen-bond donors (Lipinski definition) is 0. The first-order valence-corrected chi connectivity index (χ1v) is 6.66. The van der Waals surface area contributed by atoms with Crippen LogP contribution >= 0.6 is 0 Å². The molecule has 1 nitrogen and oxygen atoms in total. The highest BCUT2D eigenvalue weighted by Crippen LogP contribution is 2.32. The third-order valence-electron chi connectivity index (χ3n) is 3.48. The lowest BCUT2D eigenvalue weighted by Gasteiger charge is -2.22. The molecule has 96 valence electrons. The van der Waals surface area contributed by atoms with Crippen LogP contribution in [0.15, 0.2) is 48.5 Å². The van der Waals surface area contributed by atoms with Gasteiger partial charge in [-0.3, -0.25) is 0 Å². The monoisotopic (exact) mass is 249 g/mol. The standard InChI is InChI=1S/C18H19N/c1-13(2)18(15-7-5-14(3)6-8-15)16-9-11-17(19-4)12-10-16/h5-13,18H,1-3H3. The molecule has 0 saturated carbocycles. The quantitative estimate of drug-likeness (QED) is 0.647. The van der Waals surface area contributed by atoms with Crippen molar-refractivity contribution >= 4 is 5.69 Å². The molecule has 0 aliphatic carbocycles. The van der Waals surface area contributed by atoms with E-state index in [9.17, 15) is 0 Å². The van der Waals surface area contributed by atoms with Crippen LogP contribution < -0.4 is 0 Å². The molecule has 2 aromatic rings. The smallest absolute Gasteiger partial charge is 0.187 e. The molecule has 0 heterocycles. The third-order valence-corrected chi connectivity index (χ3v) is 3.48. The minimum Gasteiger partial charge on any atom is -0.238 e. The Morgan fingerprint density at radius 1 is 0.842 bits per heavy atom. The van der Waals surface area contributed by atoms with Crippen molar-refractivity contribution in [3.05, 3.63) is 76.6 Å². The van der Waals surface area contributed by atoms with Crippen LogP contribution in [0.2, 0.25) is 0 Å². The maximum Gasteiger partial charge on any atom is 0.187 e. The summed E-state index contributed by atoms with van der Waals surface area (Å²) in [6.07, 6.45) is 0. The van der Waals surface area contributed by atoms with Gasteiger partial charge in [0.05, 0.1) is 6.57 Å². The molecule has 0 N–H and O–H groups in total. The third kappa shape index (κ3) is 3.03. The van der Waals surface area contributed by atoms with E-state index < -0.39 is 0 Å². The molecule has 0 fully saturated rings. The zero-order valence-corrected chi connectivity index (χ0v) is 11.7. The van der Waals surface area contributed by atoms with E-state index in [2.05, 4.69) is 62.0 Å². The van der Waals surface area contributed by atoms with Crippen LogP contribution in [0.5, 0.6) is 0 Å². The van der Waals surface area contributed by atoms with Crippen molar-refractivity contribution in [2.75, 3.05) is 0 Å². The summed E-state index contributed by atoms with van der Waals surface area (Å²) < 4.78 is 0. The highest BCUT2D eigenvalue weighted by molar-refractivity contribution is 5.47. The Balaban J connectivity index is 2.39. The van der Waals surface area contributed by atoms with Gasteiger partial charge in [-0.1, -0.05) is 67.9 Å². The van der Waals surface area contributed by atoms with Crippen molar-refractivity contribution in [3.8, 4) is 0 Å². The fraction of sp³-hybridized carbons (Fsp3) is 0.278. The topological polar surface area (TPSA) is 4.36 Å². The van der Waals surface area contributed by atoms with E-state index in [-0.39, 0.29) is 0 Å². The van der Waals surface area contributed by atoms with E-state index in [1.54, 1.807) is 0 Å². The fourth-order valence-electron chi connectivity index (χ4n) is 2.49. The lowest BCUT2D eigenvalue weighted by Crippen LogP contribution is -2.08. The summed E-state index contributed by atoms with van der Waals surface area (Å²) >= 11 is 0. The maximum absolute atomic E-state index is 7.02. The van der Waals surface area contributed by atoms with Crippen LogP contribution in [0.3, 0.4) is 0 Å². The SMILES string of the molecule is [C-]#[N+]c1ccc(C(c2ccc(C)cc2)C(C)C)cc1. The normalized spacial score (nSPS) is 12.2. The van der Waals surface area contributed by atoms with Gasteiger partial charge >= 0.3 is 0 Å². The van der Waals surface area contributed by atoms with Crippen molar-refractivity contribution in [2.45, 2.75) is 26.7 Å². The fourth-order valence-corrected chi connectivity index (χ4v) is 2.49. The van der Waals surface area contributed by atoms with Crippen molar-refractivity contribution in [1.82, 2.24) is 0 Å². The second-order valence-electron chi connectivity index (χ2n) is 5.34. The van der Waals surface area contributed by atoms with Gasteiger partial charge in [0.25, 0.3) is 0 Å². The van der Waals surface area contributed by atoms with Gasteiger partial charge in [0.15, 0.2) is 5.69 Å². The number of hydrogen-bond acceptors (Lipinski definition) is 0. The molecule has 0 amide bonds. The zero-order valence-electron chi connectivity index (χ0n) is 11.7. The van der Waals surface area contributed by atoms with Crippen molar-refractivity contribution in [3.63, 3.8) is 0 Å². The van der Waals surface area contributed by atoms with Gasteiger partial charge in [0.2, 0.25) is 0 Å². The molecule has 0 spiro atoms. The first kappa shape index (κ1) is 13.4. The molecule has 1 atom stereocenters. The Kier molecular flexibility index (Phi) is 4.02. The van der Waals surface area contributed by atoms with E-state index in [4.69, 9.17) is 6.57 Å². The molecule has 0 aliphatic rings. The van der Waals surface area contributed by atoms with Crippen LogP contribution in [0.25, 0.3) is 4.85 Å². The number of benzene rings is 2. The highest BCUT2D eigenvalue weighted by Gasteiger charge is 2.17.